The third kappa shape index (κ3) is 3.05. The summed E-state index contributed by atoms with van der Waals surface area (Å²) in [5.74, 6) is -0.576. The number of likely N-dealkylation sites (tertiary alicyclic amines) is 1. The first-order chi connectivity index (χ1) is 9.51. The molecule has 0 bridgehead atoms. The Kier molecular flexibility index (Phi) is 4.19. The number of anilines is 1. The van der Waals surface area contributed by atoms with Crippen molar-refractivity contribution >= 4 is 17.6 Å². The quantitative estimate of drug-likeness (QED) is 0.733. The molecular weight excluding hydrogens is 260 g/mol. The first kappa shape index (κ1) is 14.3. The number of nitrogen functional groups attached to an aromatic ring is 1. The van der Waals surface area contributed by atoms with Crippen molar-refractivity contribution < 1.29 is 14.3 Å². The van der Waals surface area contributed by atoms with Gasteiger partial charge in [0.1, 0.15) is 11.7 Å². The molecule has 108 valence electrons. The predicted octanol–water partition coefficient (Wildman–Crippen LogP) is -0.361. The van der Waals surface area contributed by atoms with Gasteiger partial charge in [-0.1, -0.05) is 0 Å². The molecule has 1 amide bonds. The molecule has 7 heteroatoms. The molecule has 1 aromatic heterocycles. The summed E-state index contributed by atoms with van der Waals surface area (Å²) in [5, 5.41) is 2.86. The summed E-state index contributed by atoms with van der Waals surface area (Å²) in [5.41, 5.74) is 6.38. The number of nitrogens with two attached hydrogens (primary N) is 1. The summed E-state index contributed by atoms with van der Waals surface area (Å²) < 4.78 is 4.74. The number of esters is 1. The van der Waals surface area contributed by atoms with Crippen LogP contribution in [-0.2, 0) is 9.53 Å². The van der Waals surface area contributed by atoms with Crippen LogP contribution in [0.5, 0.6) is 0 Å². The average Bonchev–Trinajstić information content (AvgIpc) is 2.78. The van der Waals surface area contributed by atoms with Crippen LogP contribution in [0.3, 0.4) is 0 Å². The van der Waals surface area contributed by atoms with E-state index in [1.807, 2.05) is 11.9 Å². The maximum Gasteiger partial charge on any atom is 0.323 e. The second-order valence-electron chi connectivity index (χ2n) is 4.86. The molecule has 0 unspecified atom stereocenters. The summed E-state index contributed by atoms with van der Waals surface area (Å²) in [7, 11) is 3.19. The standard InChI is InChI=1S/C13H18N4O3/c1-17-7-9(6-11(17)13(19)20-2)16-12(18)10-5-8(14)3-4-15-10/h3-5,9,11H,6-7H2,1-2H3,(H2,14,15)(H,16,18)/t9-,11+/m1/s1. The molecule has 0 spiro atoms. The molecule has 2 rings (SSSR count). The molecular formula is C13H18N4O3. The number of carbonyl (C=O) groups excluding carboxylic acids is 2. The summed E-state index contributed by atoms with van der Waals surface area (Å²) in [4.78, 5) is 29.4. The zero-order chi connectivity index (χ0) is 14.7. The van der Waals surface area contributed by atoms with E-state index in [0.717, 1.165) is 0 Å². The second kappa shape index (κ2) is 5.87. The Balaban J connectivity index is 1.98. The molecule has 1 aliphatic rings. The highest BCUT2D eigenvalue weighted by Crippen LogP contribution is 2.17. The number of likely N-dealkylation sites (N-methyl/N-ethyl adjacent to an activating group) is 1. The molecule has 0 radical (unpaired) electrons. The van der Waals surface area contributed by atoms with E-state index in [4.69, 9.17) is 10.5 Å². The Labute approximate surface area is 117 Å². The Morgan fingerprint density at radius 1 is 1.55 bits per heavy atom. The van der Waals surface area contributed by atoms with Gasteiger partial charge in [-0.15, -0.1) is 0 Å². The van der Waals surface area contributed by atoms with Crippen molar-refractivity contribution in [3.05, 3.63) is 24.0 Å². The minimum Gasteiger partial charge on any atom is -0.468 e. The number of nitrogens with zero attached hydrogens (tertiary/aromatic N) is 2. The number of nitrogens with one attached hydrogen (secondary N) is 1. The van der Waals surface area contributed by atoms with Crippen LogP contribution in [0.1, 0.15) is 16.9 Å². The number of hydrogen-bond donors (Lipinski definition) is 2. The highest BCUT2D eigenvalue weighted by Gasteiger charge is 2.36. The lowest BCUT2D eigenvalue weighted by atomic mass is 10.1. The van der Waals surface area contributed by atoms with Gasteiger partial charge in [0, 0.05) is 24.5 Å². The number of ether oxygens (including phenoxy) is 1. The maximum absolute atomic E-state index is 12.0. The van der Waals surface area contributed by atoms with E-state index < -0.39 is 0 Å². The van der Waals surface area contributed by atoms with Crippen molar-refractivity contribution in [1.82, 2.24) is 15.2 Å². The van der Waals surface area contributed by atoms with E-state index in [9.17, 15) is 9.59 Å². The molecule has 1 saturated heterocycles. The normalized spacial score (nSPS) is 22.5. The minimum absolute atomic E-state index is 0.111. The number of aromatic nitrogens is 1. The van der Waals surface area contributed by atoms with Crippen LogP contribution < -0.4 is 11.1 Å². The number of pyridine rings is 1. The van der Waals surface area contributed by atoms with Crippen LogP contribution in [0.25, 0.3) is 0 Å². The molecule has 0 saturated carbocycles. The van der Waals surface area contributed by atoms with E-state index in [1.54, 1.807) is 6.07 Å². The Hall–Kier alpha value is -2.15. The van der Waals surface area contributed by atoms with E-state index in [0.29, 0.717) is 18.7 Å². The molecule has 20 heavy (non-hydrogen) atoms. The van der Waals surface area contributed by atoms with Crippen LogP contribution in [0, 0.1) is 0 Å². The van der Waals surface area contributed by atoms with Gasteiger partial charge in [0.15, 0.2) is 0 Å². The zero-order valence-electron chi connectivity index (χ0n) is 11.5. The molecule has 2 heterocycles. The number of hydrogen-bond acceptors (Lipinski definition) is 6. The molecule has 0 aromatic carbocycles. The fourth-order valence-corrected chi connectivity index (χ4v) is 2.35. The summed E-state index contributed by atoms with van der Waals surface area (Å²) >= 11 is 0. The van der Waals surface area contributed by atoms with Crippen LogP contribution in [0.2, 0.25) is 0 Å². The molecule has 0 aliphatic carbocycles. The fraction of sp³-hybridized carbons (Fsp3) is 0.462. The number of carbonyl (C=O) groups is 2. The van der Waals surface area contributed by atoms with Crippen molar-refractivity contribution in [2.45, 2.75) is 18.5 Å². The Morgan fingerprint density at radius 2 is 2.30 bits per heavy atom. The fourth-order valence-electron chi connectivity index (χ4n) is 2.35. The lowest BCUT2D eigenvalue weighted by Gasteiger charge is -2.15. The molecule has 1 fully saturated rings. The van der Waals surface area contributed by atoms with Gasteiger partial charge in [0.25, 0.3) is 5.91 Å². The summed E-state index contributed by atoms with van der Waals surface area (Å²) in [6.45, 7) is 0.591. The number of rotatable bonds is 3. The summed E-state index contributed by atoms with van der Waals surface area (Å²) in [6, 6.07) is 2.71. The van der Waals surface area contributed by atoms with Gasteiger partial charge in [0.05, 0.1) is 7.11 Å². The van der Waals surface area contributed by atoms with E-state index in [-0.39, 0.29) is 29.7 Å². The lowest BCUT2D eigenvalue weighted by molar-refractivity contribution is -0.145. The monoisotopic (exact) mass is 278 g/mol. The predicted molar refractivity (Wildman–Crippen MR) is 73.0 cm³/mol. The van der Waals surface area contributed by atoms with Crippen molar-refractivity contribution in [3.63, 3.8) is 0 Å². The number of methoxy groups -OCH3 is 1. The lowest BCUT2D eigenvalue weighted by Crippen LogP contribution is -2.36. The highest BCUT2D eigenvalue weighted by atomic mass is 16.5. The first-order valence-electron chi connectivity index (χ1n) is 6.31. The molecule has 7 nitrogen and oxygen atoms in total. The SMILES string of the molecule is COC(=O)[C@@H]1C[C@@H](NC(=O)c2cc(N)ccn2)CN1C. The molecule has 3 N–H and O–H groups in total. The van der Waals surface area contributed by atoms with Crippen molar-refractivity contribution in [2.24, 2.45) is 0 Å². The van der Waals surface area contributed by atoms with Crippen LogP contribution in [0.4, 0.5) is 5.69 Å². The molecule has 1 aromatic rings. The van der Waals surface area contributed by atoms with Crippen molar-refractivity contribution in [2.75, 3.05) is 26.4 Å². The van der Waals surface area contributed by atoms with Gasteiger partial charge >= 0.3 is 5.97 Å². The average molecular weight is 278 g/mol. The van der Waals surface area contributed by atoms with Gasteiger partial charge < -0.3 is 15.8 Å². The smallest absolute Gasteiger partial charge is 0.323 e. The Bertz CT molecular complexity index is 520. The van der Waals surface area contributed by atoms with Crippen molar-refractivity contribution in [3.8, 4) is 0 Å². The second-order valence-corrected chi connectivity index (χ2v) is 4.86. The summed E-state index contributed by atoms with van der Waals surface area (Å²) in [6.07, 6.45) is 2.01. The van der Waals surface area contributed by atoms with Crippen LogP contribution >= 0.6 is 0 Å². The van der Waals surface area contributed by atoms with Crippen LogP contribution in [0.15, 0.2) is 18.3 Å². The zero-order valence-corrected chi connectivity index (χ0v) is 11.5. The number of amides is 1. The third-order valence-corrected chi connectivity index (χ3v) is 3.37. The molecule has 2 atom stereocenters. The van der Waals surface area contributed by atoms with Crippen molar-refractivity contribution in [1.29, 1.82) is 0 Å². The van der Waals surface area contributed by atoms with Gasteiger partial charge in [-0.25, -0.2) is 0 Å². The third-order valence-electron chi connectivity index (χ3n) is 3.37. The minimum atomic E-state index is -0.320. The van der Waals surface area contributed by atoms with Gasteiger partial charge in [-0.2, -0.15) is 0 Å². The van der Waals surface area contributed by atoms with E-state index in [2.05, 4.69) is 10.3 Å². The highest BCUT2D eigenvalue weighted by molar-refractivity contribution is 5.93. The molecule has 1 aliphatic heterocycles. The van der Waals surface area contributed by atoms with Gasteiger partial charge in [-0.3, -0.25) is 19.5 Å². The van der Waals surface area contributed by atoms with Gasteiger partial charge in [0.2, 0.25) is 0 Å². The Morgan fingerprint density at radius 3 is 2.95 bits per heavy atom. The van der Waals surface area contributed by atoms with E-state index >= 15 is 0 Å². The van der Waals surface area contributed by atoms with E-state index in [1.165, 1.54) is 19.4 Å². The largest absolute Gasteiger partial charge is 0.468 e. The topological polar surface area (TPSA) is 97.5 Å². The van der Waals surface area contributed by atoms with Crippen LogP contribution in [-0.4, -0.2) is 54.5 Å². The first-order valence-corrected chi connectivity index (χ1v) is 6.31. The van der Waals surface area contributed by atoms with Gasteiger partial charge in [-0.05, 0) is 25.6 Å². The maximum atomic E-state index is 12.0.